The number of nitrogens with one attached hydrogen (secondary N) is 1. The van der Waals surface area contributed by atoms with Crippen LogP contribution in [-0.2, 0) is 0 Å². The summed E-state index contributed by atoms with van der Waals surface area (Å²) >= 11 is 5.42. The zero-order chi connectivity index (χ0) is 4.41. The Hall–Kier alpha value is 0.530. The molecule has 0 unspecified atom stereocenters. The van der Waals surface area contributed by atoms with Gasteiger partial charge in [0.25, 0.3) is 0 Å². The molecule has 1 nitrogen and oxygen atoms in total. The predicted octanol–water partition coefficient (Wildman–Crippen LogP) is 1.92. The van der Waals surface area contributed by atoms with Crippen molar-refractivity contribution in [3.8, 4) is 0 Å². The zero-order valence-electron chi connectivity index (χ0n) is 2.77. The van der Waals surface area contributed by atoms with Gasteiger partial charge >= 0.3 is 0 Å². The van der Waals surface area contributed by atoms with Gasteiger partial charge in [-0.05, 0) is 10.8 Å². The minimum atomic E-state index is 0.727. The van der Waals surface area contributed by atoms with Crippen LogP contribution in [-0.4, -0.2) is 0 Å². The molecule has 34 valence electrons. The average Bonchev–Trinajstić information content (AvgIpc) is 1.86. The zero-order valence-corrected chi connectivity index (χ0v) is 5.16. The normalized spacial score (nSPS) is 19.8. The van der Waals surface area contributed by atoms with Crippen molar-refractivity contribution < 1.29 is 0 Å². The Morgan fingerprint density at radius 1 is 1.83 bits per heavy atom. The fourth-order valence-electron chi connectivity index (χ4n) is 0.154. The summed E-state index contributed by atoms with van der Waals surface area (Å²) in [4.78, 5) is 0. The molecule has 0 aromatic heterocycles. The standard InChI is InChI=1S/C2H2ClNS2/c3-2-1-5-6-4-2/h1,4H. The largest absolute Gasteiger partial charge is 0.310 e. The lowest BCUT2D eigenvalue weighted by Gasteiger charge is -1.82. The van der Waals surface area contributed by atoms with E-state index in [-0.39, 0.29) is 0 Å². The monoisotopic (exact) mass is 139 g/mol. The molecule has 0 amide bonds. The first-order chi connectivity index (χ1) is 2.89. The maximum Gasteiger partial charge on any atom is 0.120 e. The van der Waals surface area contributed by atoms with Gasteiger partial charge in [-0.15, -0.1) is 0 Å². The summed E-state index contributed by atoms with van der Waals surface area (Å²) in [7, 11) is 3.12. The molecule has 0 spiro atoms. The molecular formula is C2H2ClNS2. The van der Waals surface area contributed by atoms with Crippen molar-refractivity contribution >= 4 is 33.4 Å². The lowest BCUT2D eigenvalue weighted by molar-refractivity contribution is 1.40. The van der Waals surface area contributed by atoms with Gasteiger partial charge in [0.1, 0.15) is 5.16 Å². The van der Waals surface area contributed by atoms with Crippen molar-refractivity contribution in [1.82, 2.24) is 4.72 Å². The summed E-state index contributed by atoms with van der Waals surface area (Å²) in [6, 6.07) is 0. The van der Waals surface area contributed by atoms with Crippen molar-refractivity contribution in [2.24, 2.45) is 0 Å². The molecule has 0 radical (unpaired) electrons. The Morgan fingerprint density at radius 3 is 2.83 bits per heavy atom. The van der Waals surface area contributed by atoms with E-state index in [9.17, 15) is 0 Å². The molecule has 1 rings (SSSR count). The number of halogens is 1. The summed E-state index contributed by atoms with van der Waals surface area (Å²) in [6.45, 7) is 0. The average molecular weight is 140 g/mol. The minimum absolute atomic E-state index is 0.727. The van der Waals surface area contributed by atoms with Crippen LogP contribution < -0.4 is 4.72 Å². The van der Waals surface area contributed by atoms with Gasteiger partial charge in [0.2, 0.25) is 0 Å². The topological polar surface area (TPSA) is 12.0 Å². The second-order valence-corrected chi connectivity index (χ2v) is 3.03. The smallest absolute Gasteiger partial charge is 0.120 e. The molecule has 0 aliphatic carbocycles. The van der Waals surface area contributed by atoms with Crippen LogP contribution in [0.1, 0.15) is 0 Å². The van der Waals surface area contributed by atoms with Crippen molar-refractivity contribution in [2.75, 3.05) is 0 Å². The van der Waals surface area contributed by atoms with Crippen LogP contribution in [0.2, 0.25) is 0 Å². The Balaban J connectivity index is 2.45. The molecule has 0 aromatic carbocycles. The SMILES string of the molecule is ClC1=CSSN1. The molecule has 1 heterocycles. The van der Waals surface area contributed by atoms with E-state index in [1.165, 1.54) is 11.0 Å². The summed E-state index contributed by atoms with van der Waals surface area (Å²) in [5, 5.41) is 2.58. The van der Waals surface area contributed by atoms with Crippen LogP contribution in [0, 0.1) is 0 Å². The van der Waals surface area contributed by atoms with E-state index in [0.717, 1.165) is 5.16 Å². The molecule has 0 aromatic rings. The fraction of sp³-hybridized carbons (Fsp3) is 0. The minimum Gasteiger partial charge on any atom is -0.310 e. The third-order valence-corrected chi connectivity index (χ3v) is 2.34. The van der Waals surface area contributed by atoms with Crippen LogP contribution >= 0.6 is 33.4 Å². The highest BCUT2D eigenvalue weighted by Crippen LogP contribution is 2.29. The van der Waals surface area contributed by atoms with Crippen LogP contribution in [0.5, 0.6) is 0 Å². The molecule has 6 heavy (non-hydrogen) atoms. The van der Waals surface area contributed by atoms with E-state index in [0.29, 0.717) is 0 Å². The summed E-state index contributed by atoms with van der Waals surface area (Å²) in [6.07, 6.45) is 0. The summed E-state index contributed by atoms with van der Waals surface area (Å²) in [5.74, 6) is 0. The maximum absolute atomic E-state index is 5.42. The Kier molecular flexibility index (Phi) is 1.56. The van der Waals surface area contributed by atoms with Crippen molar-refractivity contribution in [2.45, 2.75) is 0 Å². The van der Waals surface area contributed by atoms with Crippen LogP contribution in [0.15, 0.2) is 10.6 Å². The summed E-state index contributed by atoms with van der Waals surface area (Å²) < 4.78 is 2.83. The lowest BCUT2D eigenvalue weighted by Crippen LogP contribution is -1.85. The van der Waals surface area contributed by atoms with E-state index >= 15 is 0 Å². The van der Waals surface area contributed by atoms with Gasteiger partial charge in [0.05, 0.1) is 0 Å². The Bertz CT molecular complexity index is 81.6. The van der Waals surface area contributed by atoms with Gasteiger partial charge in [-0.1, -0.05) is 11.6 Å². The van der Waals surface area contributed by atoms with E-state index in [1.807, 2.05) is 5.41 Å². The van der Waals surface area contributed by atoms with Crippen molar-refractivity contribution in [1.29, 1.82) is 0 Å². The predicted molar refractivity (Wildman–Crippen MR) is 32.3 cm³/mol. The van der Waals surface area contributed by atoms with Crippen LogP contribution in [0.25, 0.3) is 0 Å². The van der Waals surface area contributed by atoms with E-state index in [1.54, 1.807) is 10.8 Å². The molecule has 1 aliphatic heterocycles. The molecule has 4 heteroatoms. The van der Waals surface area contributed by atoms with Crippen molar-refractivity contribution in [3.63, 3.8) is 0 Å². The van der Waals surface area contributed by atoms with Crippen molar-refractivity contribution in [3.05, 3.63) is 10.6 Å². The first kappa shape index (κ1) is 4.68. The second kappa shape index (κ2) is 2.00. The van der Waals surface area contributed by atoms with Gasteiger partial charge in [-0.25, -0.2) is 0 Å². The highest BCUT2D eigenvalue weighted by Gasteiger charge is 1.97. The molecule has 0 bridgehead atoms. The number of hydrogen-bond donors (Lipinski definition) is 1. The van der Waals surface area contributed by atoms with Crippen LogP contribution in [0.4, 0.5) is 0 Å². The highest BCUT2D eigenvalue weighted by molar-refractivity contribution is 8.77. The van der Waals surface area contributed by atoms with E-state index in [2.05, 4.69) is 4.72 Å². The molecule has 1 N–H and O–H groups in total. The molecule has 1 aliphatic rings. The molecule has 0 atom stereocenters. The second-order valence-electron chi connectivity index (χ2n) is 0.747. The molecule has 0 saturated carbocycles. The van der Waals surface area contributed by atoms with Gasteiger partial charge < -0.3 is 4.72 Å². The molecule has 0 fully saturated rings. The third kappa shape index (κ3) is 0.996. The van der Waals surface area contributed by atoms with Gasteiger partial charge in [0, 0.05) is 16.4 Å². The Morgan fingerprint density at radius 2 is 2.67 bits per heavy atom. The maximum atomic E-state index is 5.42. The van der Waals surface area contributed by atoms with Crippen LogP contribution in [0.3, 0.4) is 0 Å². The number of rotatable bonds is 0. The quantitative estimate of drug-likeness (QED) is 0.313. The first-order valence-corrected chi connectivity index (χ1v) is 3.93. The molecule has 0 saturated heterocycles. The molecular weight excluding hydrogens is 138 g/mol. The van der Waals surface area contributed by atoms with E-state index < -0.39 is 0 Å². The van der Waals surface area contributed by atoms with Gasteiger partial charge in [-0.3, -0.25) is 0 Å². The third-order valence-electron chi connectivity index (χ3n) is 0.339. The number of hydrogen-bond acceptors (Lipinski definition) is 3. The lowest BCUT2D eigenvalue weighted by atomic mass is 11.1. The Labute approximate surface area is 49.0 Å². The summed E-state index contributed by atoms with van der Waals surface area (Å²) in [5.41, 5.74) is 0. The highest BCUT2D eigenvalue weighted by atomic mass is 35.5. The van der Waals surface area contributed by atoms with Gasteiger partial charge in [0.15, 0.2) is 0 Å². The fourth-order valence-corrected chi connectivity index (χ4v) is 2.00. The van der Waals surface area contributed by atoms with E-state index in [4.69, 9.17) is 11.6 Å². The van der Waals surface area contributed by atoms with Gasteiger partial charge in [-0.2, -0.15) is 0 Å². The first-order valence-electron chi connectivity index (χ1n) is 1.33.